The molecule has 0 atom stereocenters. The van der Waals surface area contributed by atoms with Crippen LogP contribution in [0.15, 0.2) is 29.4 Å². The summed E-state index contributed by atoms with van der Waals surface area (Å²) in [7, 11) is -2.45. The molecule has 31 heavy (non-hydrogen) atoms. The van der Waals surface area contributed by atoms with Crippen molar-refractivity contribution in [1.29, 1.82) is 0 Å². The molecule has 0 aliphatic heterocycles. The quantitative estimate of drug-likeness (QED) is 0.515. The first-order chi connectivity index (χ1) is 14.2. The fourth-order valence-corrected chi connectivity index (χ4v) is 3.78. The average Bonchev–Trinajstić information content (AvgIpc) is 3.01. The number of aromatic nitrogens is 4. The lowest BCUT2D eigenvalue weighted by molar-refractivity contribution is -0.141. The third-order valence-corrected chi connectivity index (χ3v) is 6.05. The smallest absolute Gasteiger partial charge is 0.433 e. The predicted molar refractivity (Wildman–Crippen MR) is 101 cm³/mol. The van der Waals surface area contributed by atoms with Crippen molar-refractivity contribution in [1.82, 2.24) is 19.5 Å². The van der Waals surface area contributed by atoms with E-state index in [4.69, 9.17) is 4.74 Å². The van der Waals surface area contributed by atoms with Gasteiger partial charge in [0.1, 0.15) is 22.0 Å². The number of hydrogen-bond donors (Lipinski definition) is 0. The highest BCUT2D eigenvalue weighted by Crippen LogP contribution is 2.33. The molecule has 0 unspecified atom stereocenters. The van der Waals surface area contributed by atoms with Gasteiger partial charge in [-0.1, -0.05) is 6.92 Å². The second-order valence-electron chi connectivity index (χ2n) is 6.83. The maximum atomic E-state index is 13.1. The van der Waals surface area contributed by atoms with Gasteiger partial charge in [0.25, 0.3) is 5.92 Å². The van der Waals surface area contributed by atoms with Crippen molar-refractivity contribution < 1.29 is 35.1 Å². The van der Waals surface area contributed by atoms with Crippen LogP contribution < -0.4 is 4.74 Å². The van der Waals surface area contributed by atoms with Gasteiger partial charge in [-0.05, 0) is 6.07 Å². The topological polar surface area (TPSA) is 87.0 Å². The zero-order valence-corrected chi connectivity index (χ0v) is 17.4. The van der Waals surface area contributed by atoms with E-state index in [1.54, 1.807) is 0 Å². The van der Waals surface area contributed by atoms with Crippen LogP contribution in [0.4, 0.5) is 22.0 Å². The number of pyridine rings is 2. The molecule has 0 bridgehead atoms. The Hall–Kier alpha value is -2.83. The maximum absolute atomic E-state index is 13.1. The molecule has 3 heterocycles. The first kappa shape index (κ1) is 22.8. The second-order valence-corrected chi connectivity index (χ2v) is 9.08. The molecule has 0 saturated heterocycles. The van der Waals surface area contributed by atoms with Gasteiger partial charge < -0.3 is 9.30 Å². The maximum Gasteiger partial charge on any atom is 0.433 e. The Labute approximate surface area is 173 Å². The van der Waals surface area contributed by atoms with Crippen molar-refractivity contribution in [2.75, 3.05) is 12.4 Å². The van der Waals surface area contributed by atoms with Gasteiger partial charge in [0, 0.05) is 20.0 Å². The molecule has 0 radical (unpaired) electrons. The summed E-state index contributed by atoms with van der Waals surface area (Å²) in [5, 5.41) is 0. The Bertz CT molecular complexity index is 1230. The third kappa shape index (κ3) is 4.75. The number of fused-ring (bicyclic) bond motifs is 1. The Morgan fingerprint density at radius 3 is 2.35 bits per heavy atom. The lowest BCUT2D eigenvalue weighted by atomic mass is 10.3. The summed E-state index contributed by atoms with van der Waals surface area (Å²) in [4.78, 5) is 11.2. The number of sulfone groups is 1. The number of alkyl halides is 5. The van der Waals surface area contributed by atoms with Gasteiger partial charge in [-0.2, -0.15) is 13.2 Å². The van der Waals surface area contributed by atoms with Crippen molar-refractivity contribution >= 4 is 20.9 Å². The van der Waals surface area contributed by atoms with E-state index in [9.17, 15) is 30.4 Å². The van der Waals surface area contributed by atoms with Gasteiger partial charge in [-0.25, -0.2) is 32.2 Å². The van der Waals surface area contributed by atoms with Gasteiger partial charge in [-0.3, -0.25) is 0 Å². The van der Waals surface area contributed by atoms with Gasteiger partial charge >= 0.3 is 6.18 Å². The number of halogens is 5. The number of aryl methyl sites for hydroxylation is 1. The summed E-state index contributed by atoms with van der Waals surface area (Å²) in [5.41, 5.74) is -1.14. The highest BCUT2D eigenvalue weighted by Gasteiger charge is 2.33. The largest absolute Gasteiger partial charge is 0.486 e. The van der Waals surface area contributed by atoms with Crippen LogP contribution in [0.2, 0.25) is 0 Å². The van der Waals surface area contributed by atoms with Crippen LogP contribution in [-0.4, -0.2) is 46.2 Å². The molecule has 0 aromatic carbocycles. The van der Waals surface area contributed by atoms with Crippen LogP contribution in [0.3, 0.4) is 0 Å². The molecule has 0 fully saturated rings. The number of ether oxygens (including phenoxy) is 1. The van der Waals surface area contributed by atoms with E-state index in [1.807, 2.05) is 0 Å². The number of nitrogens with zero attached hydrogens (tertiary/aromatic N) is 4. The summed E-state index contributed by atoms with van der Waals surface area (Å²) in [6, 6.07) is 1.79. The van der Waals surface area contributed by atoms with E-state index in [0.29, 0.717) is 6.92 Å². The Morgan fingerprint density at radius 1 is 1.10 bits per heavy atom. The fraction of sp³-hybridized carbons (Fsp3) is 0.389. The number of rotatable bonds is 6. The first-order valence-corrected chi connectivity index (χ1v) is 10.5. The zero-order chi connectivity index (χ0) is 23.2. The highest BCUT2D eigenvalue weighted by atomic mass is 32.2. The molecule has 3 aromatic rings. The van der Waals surface area contributed by atoms with Gasteiger partial charge in [0.15, 0.2) is 22.3 Å². The minimum atomic E-state index is -4.68. The predicted octanol–water partition coefficient (Wildman–Crippen LogP) is 3.88. The van der Waals surface area contributed by atoms with Gasteiger partial charge in [0.2, 0.25) is 0 Å². The van der Waals surface area contributed by atoms with Crippen LogP contribution in [0.25, 0.3) is 22.6 Å². The molecule has 0 N–H and O–H groups in total. The van der Waals surface area contributed by atoms with Crippen LogP contribution in [-0.2, 0) is 23.1 Å². The van der Waals surface area contributed by atoms with Crippen LogP contribution in [0.1, 0.15) is 19.5 Å². The summed E-state index contributed by atoms with van der Waals surface area (Å²) >= 11 is 0. The van der Waals surface area contributed by atoms with Crippen molar-refractivity contribution in [2.24, 2.45) is 7.05 Å². The summed E-state index contributed by atoms with van der Waals surface area (Å²) < 4.78 is 96.6. The monoisotopic (exact) mass is 464 g/mol. The van der Waals surface area contributed by atoms with Crippen molar-refractivity contribution in [3.63, 3.8) is 0 Å². The van der Waals surface area contributed by atoms with Crippen LogP contribution in [0.5, 0.6) is 5.75 Å². The molecule has 7 nitrogen and oxygen atoms in total. The van der Waals surface area contributed by atoms with E-state index < -0.39 is 34.2 Å². The molecular formula is C18H17F5N4O3S. The first-order valence-electron chi connectivity index (χ1n) is 8.86. The summed E-state index contributed by atoms with van der Waals surface area (Å²) in [5.74, 6) is -3.71. The number of imidazole rings is 1. The minimum absolute atomic E-state index is 0.0319. The molecule has 3 rings (SSSR count). The number of hydrogen-bond acceptors (Lipinski definition) is 6. The van der Waals surface area contributed by atoms with Crippen molar-refractivity contribution in [3.8, 4) is 17.3 Å². The van der Waals surface area contributed by atoms with E-state index in [-0.39, 0.29) is 38.9 Å². The Morgan fingerprint density at radius 2 is 1.77 bits per heavy atom. The third-order valence-electron chi connectivity index (χ3n) is 4.30. The molecule has 3 aromatic heterocycles. The normalized spacial score (nSPS) is 13.0. The molecule has 0 aliphatic carbocycles. The molecule has 168 valence electrons. The molecular weight excluding hydrogens is 447 g/mol. The van der Waals surface area contributed by atoms with E-state index in [2.05, 4.69) is 15.0 Å². The van der Waals surface area contributed by atoms with Crippen molar-refractivity contribution in [2.45, 2.75) is 30.8 Å². The summed E-state index contributed by atoms with van der Waals surface area (Å²) in [6.07, 6.45) is -2.65. The van der Waals surface area contributed by atoms with Crippen LogP contribution in [0, 0.1) is 0 Å². The van der Waals surface area contributed by atoms with Crippen molar-refractivity contribution in [3.05, 3.63) is 30.2 Å². The molecule has 0 spiro atoms. The summed E-state index contributed by atoms with van der Waals surface area (Å²) in [6.45, 7) is 1.03. The van der Waals surface area contributed by atoms with E-state index >= 15 is 0 Å². The van der Waals surface area contributed by atoms with Gasteiger partial charge in [0.05, 0.1) is 29.2 Å². The lowest BCUT2D eigenvalue weighted by Crippen LogP contribution is -2.21. The highest BCUT2D eigenvalue weighted by molar-refractivity contribution is 7.91. The zero-order valence-electron chi connectivity index (χ0n) is 16.5. The molecule has 0 amide bonds. The second kappa shape index (κ2) is 7.70. The van der Waals surface area contributed by atoms with Gasteiger partial charge in [-0.15, -0.1) is 0 Å². The average molecular weight is 464 g/mol. The minimum Gasteiger partial charge on any atom is -0.486 e. The molecule has 13 heteroatoms. The lowest BCUT2D eigenvalue weighted by Gasteiger charge is -2.14. The van der Waals surface area contributed by atoms with E-state index in [0.717, 1.165) is 24.5 Å². The molecule has 0 saturated carbocycles. The SMILES string of the molecule is CCS(=O)(=O)c1cc(OCC(C)(F)F)cnc1-c1nc2cc(C(F)(F)F)ncc2n1C. The fourth-order valence-electron chi connectivity index (χ4n) is 2.73. The molecule has 0 aliphatic rings. The Kier molecular flexibility index (Phi) is 5.67. The standard InChI is InChI=1S/C18H17F5N4O3S/c1-4-31(28,29)13-5-10(30-9-17(2,19)20)7-25-15(13)16-26-11-6-14(18(21,22)23)24-8-12(11)27(16)3/h5-8H,4,9H2,1-3H3. The van der Waals surface area contributed by atoms with Crippen LogP contribution >= 0.6 is 0 Å². The van der Waals surface area contributed by atoms with E-state index in [1.165, 1.54) is 18.5 Å². The Balaban J connectivity index is 2.17.